The zero-order valence-corrected chi connectivity index (χ0v) is 25.8. The van der Waals surface area contributed by atoms with Crippen molar-refractivity contribution in [3.8, 4) is 0 Å². The topological polar surface area (TPSA) is 116 Å². The van der Waals surface area contributed by atoms with Gasteiger partial charge in [-0.15, -0.1) is 0 Å². The Bertz CT molecular complexity index is 1640. The number of aromatic nitrogens is 2. The number of amides is 1. The lowest BCUT2D eigenvalue weighted by Crippen LogP contribution is -2.49. The minimum absolute atomic E-state index is 0.142. The Kier molecular flexibility index (Phi) is 9.57. The van der Waals surface area contributed by atoms with E-state index in [1.807, 2.05) is 80.5 Å². The van der Waals surface area contributed by atoms with E-state index in [4.69, 9.17) is 9.97 Å². The van der Waals surface area contributed by atoms with Crippen LogP contribution in [0.1, 0.15) is 36.8 Å². The summed E-state index contributed by atoms with van der Waals surface area (Å²) < 4.78 is 29.0. The van der Waals surface area contributed by atoms with Crippen LogP contribution in [0, 0.1) is 12.8 Å². The minimum Gasteiger partial charge on any atom is -0.362 e. The molecule has 0 unspecified atom stereocenters. The maximum Gasteiger partial charge on any atom is 0.241 e. The van der Waals surface area contributed by atoms with E-state index in [-0.39, 0.29) is 23.3 Å². The number of sulfonamides is 1. The molecule has 1 heterocycles. The zero-order valence-electron chi connectivity index (χ0n) is 25.0. The monoisotopic (exact) mass is 600 g/mol. The Morgan fingerprint density at radius 1 is 0.907 bits per heavy atom. The van der Waals surface area contributed by atoms with Crippen LogP contribution < -0.4 is 20.3 Å². The summed E-state index contributed by atoms with van der Waals surface area (Å²) in [6.07, 6.45) is 3.99. The second kappa shape index (κ2) is 13.5. The van der Waals surface area contributed by atoms with Crippen LogP contribution in [0.4, 0.5) is 11.8 Å². The number of carbonyl (C=O) groups is 1. The van der Waals surface area contributed by atoms with Gasteiger partial charge in [-0.1, -0.05) is 60.2 Å². The Balaban J connectivity index is 1.18. The molecule has 3 N–H and O–H groups in total. The number of fused-ring (bicyclic) bond motifs is 1. The van der Waals surface area contributed by atoms with E-state index in [1.165, 1.54) is 0 Å². The molecule has 1 saturated carbocycles. The number of aryl methyl sites for hydroxylation is 1. The number of nitrogens with one attached hydrogen (secondary N) is 3. The van der Waals surface area contributed by atoms with E-state index < -0.39 is 16.1 Å². The smallest absolute Gasteiger partial charge is 0.241 e. The van der Waals surface area contributed by atoms with Crippen molar-refractivity contribution in [2.24, 2.45) is 5.92 Å². The molecule has 3 aromatic carbocycles. The lowest BCUT2D eigenvalue weighted by atomic mass is 9.86. The van der Waals surface area contributed by atoms with E-state index in [0.29, 0.717) is 18.4 Å². The molecule has 43 heavy (non-hydrogen) atoms. The molecule has 226 valence electrons. The summed E-state index contributed by atoms with van der Waals surface area (Å²) >= 11 is 0. The van der Waals surface area contributed by atoms with Crippen LogP contribution >= 0.6 is 0 Å². The summed E-state index contributed by atoms with van der Waals surface area (Å²) in [5.74, 6) is 1.50. The maximum atomic E-state index is 13.4. The van der Waals surface area contributed by atoms with Gasteiger partial charge in [0.1, 0.15) is 11.9 Å². The third-order valence-corrected chi connectivity index (χ3v) is 9.47. The average molecular weight is 601 g/mol. The number of carbonyl (C=O) groups excluding carboxylic acids is 1. The van der Waals surface area contributed by atoms with Gasteiger partial charge < -0.3 is 15.5 Å². The van der Waals surface area contributed by atoms with Crippen molar-refractivity contribution in [1.82, 2.24) is 20.0 Å². The summed E-state index contributed by atoms with van der Waals surface area (Å²) in [5.41, 5.74) is 2.75. The highest BCUT2D eigenvalue weighted by molar-refractivity contribution is 7.89. The predicted octanol–water partition coefficient (Wildman–Crippen LogP) is 4.68. The van der Waals surface area contributed by atoms with Crippen LogP contribution in [0.25, 0.3) is 10.9 Å². The molecule has 1 aliphatic carbocycles. The standard InChI is InChI=1S/C33H40N6O3S/c1-23-13-19-27(20-14-23)43(41,42)38-30(21-24-9-5-4-6-10-24)32(40)34-22-25-15-17-26(18-16-25)35-33-36-29-12-8-7-11-28(29)31(37-33)39(2)3/h4-14,19-20,25-26,30,38H,15-18,21-22H2,1-3H3,(H,34,40)(H,35,36,37)/t25-,26+,30-/m0/s1. The molecule has 1 atom stereocenters. The Labute approximate surface area is 254 Å². The number of hydrogen-bond donors (Lipinski definition) is 3. The second-order valence-electron chi connectivity index (χ2n) is 11.6. The van der Waals surface area contributed by atoms with E-state index >= 15 is 0 Å². The highest BCUT2D eigenvalue weighted by atomic mass is 32.2. The highest BCUT2D eigenvalue weighted by Crippen LogP contribution is 2.28. The number of hydrogen-bond acceptors (Lipinski definition) is 7. The van der Waals surface area contributed by atoms with Crippen molar-refractivity contribution in [2.75, 3.05) is 30.9 Å². The quantitative estimate of drug-likeness (QED) is 0.229. The van der Waals surface area contributed by atoms with Gasteiger partial charge in [-0.2, -0.15) is 9.71 Å². The first-order valence-electron chi connectivity index (χ1n) is 14.8. The lowest BCUT2D eigenvalue weighted by molar-refractivity contribution is -0.122. The van der Waals surface area contributed by atoms with Gasteiger partial charge in [0.2, 0.25) is 21.9 Å². The first-order chi connectivity index (χ1) is 20.7. The molecule has 4 aromatic rings. The summed E-state index contributed by atoms with van der Waals surface area (Å²) in [6.45, 7) is 2.40. The largest absolute Gasteiger partial charge is 0.362 e. The van der Waals surface area contributed by atoms with Gasteiger partial charge in [-0.3, -0.25) is 4.79 Å². The highest BCUT2D eigenvalue weighted by Gasteiger charge is 2.28. The second-order valence-corrected chi connectivity index (χ2v) is 13.3. The Morgan fingerprint density at radius 2 is 1.58 bits per heavy atom. The molecule has 5 rings (SSSR count). The number of benzene rings is 3. The fraction of sp³-hybridized carbons (Fsp3) is 0.364. The van der Waals surface area contributed by atoms with Crippen molar-refractivity contribution in [1.29, 1.82) is 0 Å². The average Bonchev–Trinajstić information content (AvgIpc) is 3.00. The van der Waals surface area contributed by atoms with Crippen LogP contribution in [0.2, 0.25) is 0 Å². The SMILES string of the molecule is Cc1ccc(S(=O)(=O)N[C@@H](Cc2ccccc2)C(=O)NC[C@H]2CC[C@@H](Nc3nc(N(C)C)c4ccccc4n3)CC2)cc1. The summed E-state index contributed by atoms with van der Waals surface area (Å²) in [6, 6.07) is 23.4. The first kappa shape index (κ1) is 30.4. The maximum absolute atomic E-state index is 13.4. The van der Waals surface area contributed by atoms with Gasteiger partial charge in [0, 0.05) is 32.1 Å². The lowest BCUT2D eigenvalue weighted by Gasteiger charge is -2.30. The van der Waals surface area contributed by atoms with Crippen LogP contribution in [-0.2, 0) is 21.2 Å². The van der Waals surface area contributed by atoms with Crippen LogP contribution in [0.15, 0.2) is 83.8 Å². The number of anilines is 2. The predicted molar refractivity (Wildman–Crippen MR) is 172 cm³/mol. The molecule has 1 fully saturated rings. The Hall–Kier alpha value is -4.02. The Morgan fingerprint density at radius 3 is 2.28 bits per heavy atom. The van der Waals surface area contributed by atoms with Crippen LogP contribution in [0.3, 0.4) is 0 Å². The van der Waals surface area contributed by atoms with Crippen molar-refractivity contribution < 1.29 is 13.2 Å². The molecule has 0 aliphatic heterocycles. The molecule has 1 aromatic heterocycles. The van der Waals surface area contributed by atoms with Crippen molar-refractivity contribution in [2.45, 2.75) is 56.0 Å². The van der Waals surface area contributed by atoms with E-state index in [1.54, 1.807) is 24.3 Å². The van der Waals surface area contributed by atoms with Gasteiger partial charge in [-0.25, -0.2) is 13.4 Å². The summed E-state index contributed by atoms with van der Waals surface area (Å²) in [5, 5.41) is 7.59. The molecule has 0 spiro atoms. The normalized spacial score (nSPS) is 17.7. The molecule has 0 radical (unpaired) electrons. The van der Waals surface area contributed by atoms with Gasteiger partial charge in [-0.05, 0) is 74.8 Å². The minimum atomic E-state index is -3.88. The first-order valence-corrected chi connectivity index (χ1v) is 16.3. The fourth-order valence-electron chi connectivity index (χ4n) is 5.54. The van der Waals surface area contributed by atoms with Gasteiger partial charge in [0.15, 0.2) is 0 Å². The molecule has 0 saturated heterocycles. The van der Waals surface area contributed by atoms with Crippen molar-refractivity contribution in [3.05, 3.63) is 90.0 Å². The van der Waals surface area contributed by atoms with E-state index in [9.17, 15) is 13.2 Å². The molecule has 1 amide bonds. The zero-order chi connectivity index (χ0) is 30.4. The molecule has 0 bridgehead atoms. The van der Waals surface area contributed by atoms with Gasteiger partial charge in [0.25, 0.3) is 0 Å². The number of nitrogens with zero attached hydrogens (tertiary/aromatic N) is 3. The van der Waals surface area contributed by atoms with Gasteiger partial charge in [0.05, 0.1) is 10.4 Å². The number of rotatable bonds is 11. The van der Waals surface area contributed by atoms with Gasteiger partial charge >= 0.3 is 0 Å². The van der Waals surface area contributed by atoms with Crippen LogP contribution in [-0.4, -0.2) is 57.0 Å². The molecule has 10 heteroatoms. The molecule has 9 nitrogen and oxygen atoms in total. The molecule has 1 aliphatic rings. The molecular weight excluding hydrogens is 560 g/mol. The van der Waals surface area contributed by atoms with Crippen molar-refractivity contribution >= 4 is 38.6 Å². The fourth-order valence-corrected chi connectivity index (χ4v) is 6.73. The van der Waals surface area contributed by atoms with Crippen LogP contribution in [0.5, 0.6) is 0 Å². The molecular formula is C33H40N6O3S. The summed E-state index contributed by atoms with van der Waals surface area (Å²) in [7, 11) is 0.0862. The van der Waals surface area contributed by atoms with E-state index in [2.05, 4.69) is 15.4 Å². The third kappa shape index (κ3) is 7.88. The van der Waals surface area contributed by atoms with E-state index in [0.717, 1.165) is 53.5 Å². The summed E-state index contributed by atoms with van der Waals surface area (Å²) in [4.78, 5) is 25.0. The van der Waals surface area contributed by atoms with Crippen molar-refractivity contribution in [3.63, 3.8) is 0 Å². The number of para-hydroxylation sites is 1. The third-order valence-electron chi connectivity index (χ3n) is 7.98.